The minimum absolute atomic E-state index is 0.0725. The van der Waals surface area contributed by atoms with Crippen LogP contribution in [0.3, 0.4) is 0 Å². The van der Waals surface area contributed by atoms with Gasteiger partial charge in [0.1, 0.15) is 5.78 Å². The molecule has 0 bridgehead atoms. The first-order valence-corrected chi connectivity index (χ1v) is 6.69. The second-order valence-corrected chi connectivity index (χ2v) is 4.83. The lowest BCUT2D eigenvalue weighted by molar-refractivity contribution is -0.159. The topological polar surface area (TPSA) is 69.7 Å². The van der Waals surface area contributed by atoms with Gasteiger partial charge in [-0.1, -0.05) is 30.3 Å². The highest BCUT2D eigenvalue weighted by Gasteiger charge is 2.33. The van der Waals surface area contributed by atoms with Gasteiger partial charge in [-0.05, 0) is 25.3 Å². The van der Waals surface area contributed by atoms with Crippen LogP contribution in [0, 0.1) is 11.8 Å². The molecular weight excluding hydrogens is 272 g/mol. The molecule has 5 nitrogen and oxygen atoms in total. The van der Waals surface area contributed by atoms with E-state index >= 15 is 0 Å². The zero-order valence-corrected chi connectivity index (χ0v) is 12.5. The lowest BCUT2D eigenvalue weighted by atomic mass is 9.87. The first-order chi connectivity index (χ1) is 9.99. The van der Waals surface area contributed by atoms with E-state index in [1.54, 1.807) is 0 Å². The molecule has 0 N–H and O–H groups in total. The van der Waals surface area contributed by atoms with E-state index < -0.39 is 23.8 Å². The highest BCUT2D eigenvalue weighted by Crippen LogP contribution is 2.21. The van der Waals surface area contributed by atoms with Crippen molar-refractivity contribution in [1.82, 2.24) is 0 Å². The minimum Gasteiger partial charge on any atom is -0.468 e. The van der Waals surface area contributed by atoms with Crippen molar-refractivity contribution in [3.63, 3.8) is 0 Å². The molecule has 0 aromatic heterocycles. The average Bonchev–Trinajstić information content (AvgIpc) is 2.50. The lowest BCUT2D eigenvalue weighted by Gasteiger charge is -2.18. The molecule has 114 valence electrons. The molecule has 0 spiro atoms. The summed E-state index contributed by atoms with van der Waals surface area (Å²) >= 11 is 0. The van der Waals surface area contributed by atoms with Gasteiger partial charge in [0, 0.05) is 5.92 Å². The van der Waals surface area contributed by atoms with Gasteiger partial charge < -0.3 is 9.47 Å². The molecule has 1 rings (SSSR count). The first kappa shape index (κ1) is 16.9. The van der Waals surface area contributed by atoms with Crippen molar-refractivity contribution in [2.45, 2.75) is 19.8 Å². The highest BCUT2D eigenvalue weighted by atomic mass is 16.5. The van der Waals surface area contributed by atoms with Crippen LogP contribution in [0.25, 0.3) is 0 Å². The third-order valence-corrected chi connectivity index (χ3v) is 3.39. The van der Waals surface area contributed by atoms with Crippen LogP contribution in [-0.4, -0.2) is 31.9 Å². The Bertz CT molecular complexity index is 479. The molecule has 0 aliphatic carbocycles. The number of Topliss-reactive ketones (excluding diaryl/α,β-unsaturated/α-hetero) is 1. The number of esters is 2. The fourth-order valence-corrected chi connectivity index (χ4v) is 2.15. The molecule has 21 heavy (non-hydrogen) atoms. The van der Waals surface area contributed by atoms with E-state index in [4.69, 9.17) is 0 Å². The maximum Gasteiger partial charge on any atom is 0.320 e. The molecular formula is C16H20O5. The Kier molecular flexibility index (Phi) is 6.59. The van der Waals surface area contributed by atoms with Crippen molar-refractivity contribution in [2.24, 2.45) is 11.8 Å². The van der Waals surface area contributed by atoms with Gasteiger partial charge in [-0.3, -0.25) is 14.4 Å². The summed E-state index contributed by atoms with van der Waals surface area (Å²) in [6.07, 6.45) is 0.560. The van der Waals surface area contributed by atoms with Gasteiger partial charge in [0.2, 0.25) is 0 Å². The molecule has 0 aliphatic rings. The van der Waals surface area contributed by atoms with Crippen LogP contribution < -0.4 is 0 Å². The van der Waals surface area contributed by atoms with Crippen LogP contribution >= 0.6 is 0 Å². The third kappa shape index (κ3) is 5.02. The summed E-state index contributed by atoms with van der Waals surface area (Å²) in [5.74, 6) is -2.94. The zero-order valence-electron chi connectivity index (χ0n) is 12.5. The standard InChI is InChI=1S/C16H20O5/c1-11(17)13(9-12-7-5-4-6-8-12)10-14(15(18)20-2)16(19)21-3/h4-8,13-14H,9-10H2,1-3H3. The molecule has 0 amide bonds. The summed E-state index contributed by atoms with van der Waals surface area (Å²) in [5.41, 5.74) is 0.978. The monoisotopic (exact) mass is 292 g/mol. The maximum absolute atomic E-state index is 11.8. The molecule has 0 aliphatic heterocycles. The van der Waals surface area contributed by atoms with Gasteiger partial charge >= 0.3 is 11.9 Å². The van der Waals surface area contributed by atoms with Crippen molar-refractivity contribution < 1.29 is 23.9 Å². The molecule has 0 fully saturated rings. The normalized spacial score (nSPS) is 11.8. The number of carbonyl (C=O) groups excluding carboxylic acids is 3. The lowest BCUT2D eigenvalue weighted by Crippen LogP contribution is -2.31. The molecule has 0 saturated carbocycles. The summed E-state index contributed by atoms with van der Waals surface area (Å²) < 4.78 is 9.23. The second-order valence-electron chi connectivity index (χ2n) is 4.83. The van der Waals surface area contributed by atoms with E-state index in [2.05, 4.69) is 9.47 Å². The van der Waals surface area contributed by atoms with E-state index in [0.29, 0.717) is 6.42 Å². The fourth-order valence-electron chi connectivity index (χ4n) is 2.15. The van der Waals surface area contributed by atoms with Crippen LogP contribution in [-0.2, 0) is 30.3 Å². The Morgan fingerprint density at radius 1 is 1.00 bits per heavy atom. The van der Waals surface area contributed by atoms with Crippen molar-refractivity contribution in [2.75, 3.05) is 14.2 Å². The predicted molar refractivity (Wildman–Crippen MR) is 76.5 cm³/mol. The van der Waals surface area contributed by atoms with Gasteiger partial charge in [-0.25, -0.2) is 0 Å². The maximum atomic E-state index is 11.8. The number of benzene rings is 1. The Balaban J connectivity index is 2.87. The molecule has 1 aromatic carbocycles. The van der Waals surface area contributed by atoms with E-state index in [-0.39, 0.29) is 12.2 Å². The van der Waals surface area contributed by atoms with Crippen molar-refractivity contribution in [1.29, 1.82) is 0 Å². The van der Waals surface area contributed by atoms with Crippen LogP contribution in [0.2, 0.25) is 0 Å². The second kappa shape index (κ2) is 8.19. The SMILES string of the molecule is COC(=O)C(CC(Cc1ccccc1)C(C)=O)C(=O)OC. The molecule has 1 unspecified atom stereocenters. The zero-order chi connectivity index (χ0) is 15.8. The van der Waals surface area contributed by atoms with Crippen molar-refractivity contribution >= 4 is 17.7 Å². The summed E-state index contributed by atoms with van der Waals surface area (Å²) in [4.78, 5) is 35.2. The largest absolute Gasteiger partial charge is 0.468 e. The Morgan fingerprint density at radius 2 is 1.52 bits per heavy atom. The van der Waals surface area contributed by atoms with Gasteiger partial charge in [0.05, 0.1) is 14.2 Å². The molecule has 0 radical (unpaired) electrons. The number of hydrogen-bond acceptors (Lipinski definition) is 5. The predicted octanol–water partition coefficient (Wildman–Crippen LogP) is 1.79. The number of rotatable bonds is 7. The summed E-state index contributed by atoms with van der Waals surface area (Å²) in [5, 5.41) is 0. The van der Waals surface area contributed by atoms with E-state index in [0.717, 1.165) is 5.56 Å². The first-order valence-electron chi connectivity index (χ1n) is 6.69. The van der Waals surface area contributed by atoms with Gasteiger partial charge in [0.15, 0.2) is 5.92 Å². The van der Waals surface area contributed by atoms with E-state index in [1.165, 1.54) is 21.1 Å². The number of methoxy groups -OCH3 is 2. The van der Waals surface area contributed by atoms with Gasteiger partial charge in [-0.2, -0.15) is 0 Å². The summed E-state index contributed by atoms with van der Waals surface area (Å²) in [6, 6.07) is 9.45. The van der Waals surface area contributed by atoms with Gasteiger partial charge in [-0.15, -0.1) is 0 Å². The van der Waals surface area contributed by atoms with Crippen molar-refractivity contribution in [3.05, 3.63) is 35.9 Å². The van der Waals surface area contributed by atoms with E-state index in [9.17, 15) is 14.4 Å². The molecule has 0 heterocycles. The summed E-state index contributed by atoms with van der Waals surface area (Å²) in [7, 11) is 2.41. The van der Waals surface area contributed by atoms with Crippen LogP contribution in [0.4, 0.5) is 0 Å². The van der Waals surface area contributed by atoms with Crippen LogP contribution in [0.15, 0.2) is 30.3 Å². The molecule has 0 saturated heterocycles. The number of ether oxygens (including phenoxy) is 2. The summed E-state index contributed by atoms with van der Waals surface area (Å²) in [6.45, 7) is 1.46. The fraction of sp³-hybridized carbons (Fsp3) is 0.438. The highest BCUT2D eigenvalue weighted by molar-refractivity contribution is 5.95. The Morgan fingerprint density at radius 3 is 1.95 bits per heavy atom. The number of ketones is 1. The number of hydrogen-bond donors (Lipinski definition) is 0. The van der Waals surface area contributed by atoms with Crippen molar-refractivity contribution in [3.8, 4) is 0 Å². The van der Waals surface area contributed by atoms with E-state index in [1.807, 2.05) is 30.3 Å². The van der Waals surface area contributed by atoms with Gasteiger partial charge in [0.25, 0.3) is 0 Å². The van der Waals surface area contributed by atoms with Crippen LogP contribution in [0.1, 0.15) is 18.9 Å². The quantitative estimate of drug-likeness (QED) is 0.566. The smallest absolute Gasteiger partial charge is 0.320 e. The Hall–Kier alpha value is -2.17. The average molecular weight is 292 g/mol. The number of carbonyl (C=O) groups is 3. The molecule has 5 heteroatoms. The minimum atomic E-state index is -1.07. The van der Waals surface area contributed by atoms with Crippen LogP contribution in [0.5, 0.6) is 0 Å². The molecule has 1 atom stereocenters. The third-order valence-electron chi connectivity index (χ3n) is 3.39. The molecule has 1 aromatic rings. The Labute approximate surface area is 124 Å².